The van der Waals surface area contributed by atoms with Gasteiger partial charge in [0, 0.05) is 6.54 Å². The van der Waals surface area contributed by atoms with E-state index >= 15 is 0 Å². The highest BCUT2D eigenvalue weighted by Gasteiger charge is 2.42. The van der Waals surface area contributed by atoms with Crippen molar-refractivity contribution in [2.24, 2.45) is 11.1 Å². The predicted molar refractivity (Wildman–Crippen MR) is 82.0 cm³/mol. The average molecular weight is 318 g/mol. The van der Waals surface area contributed by atoms with E-state index in [0.29, 0.717) is 11.4 Å². The Bertz CT molecular complexity index is 574. The molecule has 4 nitrogen and oxygen atoms in total. The van der Waals surface area contributed by atoms with Crippen LogP contribution in [0, 0.1) is 5.41 Å². The van der Waals surface area contributed by atoms with Crippen molar-refractivity contribution in [2.45, 2.75) is 36.8 Å². The van der Waals surface area contributed by atoms with Crippen LogP contribution in [0.3, 0.4) is 0 Å². The lowest BCUT2D eigenvalue weighted by atomic mass is 10.0. The summed E-state index contributed by atoms with van der Waals surface area (Å²) in [7, 11) is -3.43. The zero-order valence-electron chi connectivity index (χ0n) is 10.8. The molecule has 1 aliphatic carbocycles. The number of thiocarbonyl (C=S) groups is 1. The third-order valence-corrected chi connectivity index (χ3v) is 6.82. The molecular weight excluding hydrogens is 300 g/mol. The minimum Gasteiger partial charge on any atom is -0.389 e. The van der Waals surface area contributed by atoms with Gasteiger partial charge in [0.25, 0.3) is 0 Å². The highest BCUT2D eigenvalue weighted by atomic mass is 32.2. The van der Waals surface area contributed by atoms with Crippen LogP contribution in [0.1, 0.15) is 37.5 Å². The molecule has 0 amide bonds. The molecule has 1 fully saturated rings. The summed E-state index contributed by atoms with van der Waals surface area (Å²) in [4.78, 5) is 0.862. The van der Waals surface area contributed by atoms with E-state index in [1.807, 2.05) is 0 Å². The van der Waals surface area contributed by atoms with Crippen LogP contribution in [0.2, 0.25) is 0 Å². The summed E-state index contributed by atoms with van der Waals surface area (Å²) in [6, 6.07) is 3.21. The summed E-state index contributed by atoms with van der Waals surface area (Å²) in [5, 5.41) is 0. The highest BCUT2D eigenvalue weighted by Crippen LogP contribution is 2.49. The van der Waals surface area contributed by atoms with Crippen LogP contribution in [0.4, 0.5) is 0 Å². The molecular formula is C12H18N2O2S3. The molecule has 0 saturated heterocycles. The largest absolute Gasteiger partial charge is 0.389 e. The second-order valence-corrected chi connectivity index (χ2v) is 8.57. The fraction of sp³-hybridized carbons (Fsp3) is 0.583. The van der Waals surface area contributed by atoms with Gasteiger partial charge in [-0.3, -0.25) is 0 Å². The zero-order valence-corrected chi connectivity index (χ0v) is 13.3. The van der Waals surface area contributed by atoms with E-state index in [9.17, 15) is 8.42 Å². The van der Waals surface area contributed by atoms with Gasteiger partial charge in [0.1, 0.15) is 9.20 Å². The van der Waals surface area contributed by atoms with Crippen molar-refractivity contribution in [3.63, 3.8) is 0 Å². The normalized spacial score (nSPS) is 17.3. The fourth-order valence-electron chi connectivity index (χ4n) is 2.14. The van der Waals surface area contributed by atoms with Gasteiger partial charge in [0.2, 0.25) is 10.0 Å². The third kappa shape index (κ3) is 3.53. The van der Waals surface area contributed by atoms with Crippen LogP contribution in [0.25, 0.3) is 0 Å². The van der Waals surface area contributed by atoms with Gasteiger partial charge in [-0.25, -0.2) is 13.1 Å². The van der Waals surface area contributed by atoms with Crippen molar-refractivity contribution in [1.29, 1.82) is 0 Å². The average Bonchev–Trinajstić information content (AvgIpc) is 2.92. The number of hydrogen-bond acceptors (Lipinski definition) is 4. The smallest absolute Gasteiger partial charge is 0.250 e. The van der Waals surface area contributed by atoms with Crippen LogP contribution in [-0.4, -0.2) is 20.0 Å². The number of sulfonamides is 1. The Morgan fingerprint density at radius 2 is 2.21 bits per heavy atom. The van der Waals surface area contributed by atoms with Crippen molar-refractivity contribution >= 4 is 38.6 Å². The van der Waals surface area contributed by atoms with Gasteiger partial charge in [-0.05, 0) is 36.8 Å². The lowest BCUT2D eigenvalue weighted by molar-refractivity contribution is 0.449. The zero-order chi connectivity index (χ0) is 14.1. The van der Waals surface area contributed by atoms with E-state index < -0.39 is 10.0 Å². The molecule has 106 valence electrons. The molecule has 19 heavy (non-hydrogen) atoms. The van der Waals surface area contributed by atoms with Gasteiger partial charge in [0.05, 0.1) is 4.88 Å². The number of rotatable bonds is 7. The Morgan fingerprint density at radius 1 is 1.53 bits per heavy atom. The predicted octanol–water partition coefficient (Wildman–Crippen LogP) is 2.24. The Morgan fingerprint density at radius 3 is 2.68 bits per heavy atom. The number of nitrogens with two attached hydrogens (primary N) is 1. The van der Waals surface area contributed by atoms with Crippen LogP contribution in [0.5, 0.6) is 0 Å². The molecule has 1 saturated carbocycles. The first-order valence-corrected chi connectivity index (χ1v) is 8.99. The molecule has 0 bridgehead atoms. The molecule has 1 aliphatic rings. The topological polar surface area (TPSA) is 72.2 Å². The molecule has 1 aromatic heterocycles. The minimum absolute atomic E-state index is 0.199. The van der Waals surface area contributed by atoms with Gasteiger partial charge < -0.3 is 5.73 Å². The standard InChI is InChI=1S/C12H18N2O2S3/c1-2-5-12(6-7-12)8-14-19(15,16)10-4-3-9(18-10)11(13)17/h3-4,14H,2,5-8H2,1H3,(H2,13,17). The third-order valence-electron chi connectivity index (χ3n) is 3.46. The Kier molecular flexibility index (Phi) is 4.29. The molecule has 0 unspecified atom stereocenters. The first-order chi connectivity index (χ1) is 8.88. The maximum absolute atomic E-state index is 12.2. The summed E-state index contributed by atoms with van der Waals surface area (Å²) < 4.78 is 27.3. The fourth-order valence-corrected chi connectivity index (χ4v) is 4.69. The van der Waals surface area contributed by atoms with Crippen molar-refractivity contribution in [3.8, 4) is 0 Å². The summed E-state index contributed by atoms with van der Waals surface area (Å²) in [6.45, 7) is 2.66. The monoisotopic (exact) mass is 318 g/mol. The molecule has 1 heterocycles. The van der Waals surface area contributed by atoms with E-state index in [1.54, 1.807) is 12.1 Å². The highest BCUT2D eigenvalue weighted by molar-refractivity contribution is 7.91. The second kappa shape index (κ2) is 5.47. The first kappa shape index (κ1) is 14.9. The van der Waals surface area contributed by atoms with Crippen molar-refractivity contribution in [1.82, 2.24) is 4.72 Å². The van der Waals surface area contributed by atoms with E-state index in [4.69, 9.17) is 18.0 Å². The second-order valence-electron chi connectivity index (χ2n) is 5.06. The molecule has 3 N–H and O–H groups in total. The maximum Gasteiger partial charge on any atom is 0.250 e. The van der Waals surface area contributed by atoms with E-state index in [-0.39, 0.29) is 14.6 Å². The lowest BCUT2D eigenvalue weighted by Gasteiger charge is -2.14. The number of nitrogens with one attached hydrogen (secondary N) is 1. The van der Waals surface area contributed by atoms with Crippen LogP contribution < -0.4 is 10.5 Å². The molecule has 0 aliphatic heterocycles. The summed E-state index contributed by atoms with van der Waals surface area (Å²) in [5.74, 6) is 0. The maximum atomic E-state index is 12.2. The lowest BCUT2D eigenvalue weighted by Crippen LogP contribution is -2.29. The SMILES string of the molecule is CCCC1(CNS(=O)(=O)c2ccc(C(N)=S)s2)CC1. The van der Waals surface area contributed by atoms with E-state index in [2.05, 4.69) is 11.6 Å². The van der Waals surface area contributed by atoms with E-state index in [1.165, 1.54) is 0 Å². The molecule has 7 heteroatoms. The Hall–Kier alpha value is -0.500. The van der Waals surface area contributed by atoms with Crippen molar-refractivity contribution in [3.05, 3.63) is 17.0 Å². The van der Waals surface area contributed by atoms with Gasteiger partial charge >= 0.3 is 0 Å². The molecule has 2 rings (SSSR count). The molecule has 0 spiro atoms. The molecule has 0 radical (unpaired) electrons. The Labute approximate surface area is 123 Å². The van der Waals surface area contributed by atoms with Crippen LogP contribution in [0.15, 0.2) is 16.3 Å². The van der Waals surface area contributed by atoms with Gasteiger partial charge in [-0.2, -0.15) is 0 Å². The van der Waals surface area contributed by atoms with Gasteiger partial charge in [0.15, 0.2) is 0 Å². The summed E-state index contributed by atoms with van der Waals surface area (Å²) in [5.41, 5.74) is 5.69. The summed E-state index contributed by atoms with van der Waals surface area (Å²) in [6.07, 6.45) is 4.41. The molecule has 0 atom stereocenters. The van der Waals surface area contributed by atoms with E-state index in [0.717, 1.165) is 37.0 Å². The number of hydrogen-bond donors (Lipinski definition) is 2. The molecule has 0 aromatic carbocycles. The number of thiophene rings is 1. The van der Waals surface area contributed by atoms with Crippen LogP contribution >= 0.6 is 23.6 Å². The van der Waals surface area contributed by atoms with Crippen LogP contribution in [-0.2, 0) is 10.0 Å². The summed E-state index contributed by atoms with van der Waals surface area (Å²) >= 11 is 5.96. The van der Waals surface area contributed by atoms with Crippen molar-refractivity contribution < 1.29 is 8.42 Å². The minimum atomic E-state index is -3.43. The molecule has 1 aromatic rings. The Balaban J connectivity index is 2.03. The van der Waals surface area contributed by atoms with Gasteiger partial charge in [-0.1, -0.05) is 25.6 Å². The first-order valence-electron chi connectivity index (χ1n) is 6.28. The van der Waals surface area contributed by atoms with Crippen molar-refractivity contribution in [2.75, 3.05) is 6.54 Å². The van der Waals surface area contributed by atoms with Gasteiger partial charge in [-0.15, -0.1) is 11.3 Å². The quantitative estimate of drug-likeness (QED) is 0.756.